The first-order valence-electron chi connectivity index (χ1n) is 5.29. The Morgan fingerprint density at radius 1 is 1.25 bits per heavy atom. The van der Waals surface area contributed by atoms with E-state index >= 15 is 0 Å². The molecule has 0 saturated carbocycles. The van der Waals surface area contributed by atoms with E-state index in [1.807, 2.05) is 31.2 Å². The van der Waals surface area contributed by atoms with Gasteiger partial charge < -0.3 is 21.5 Å². The van der Waals surface area contributed by atoms with E-state index in [9.17, 15) is 4.79 Å². The molecule has 0 unspecified atom stereocenters. The summed E-state index contributed by atoms with van der Waals surface area (Å²) in [5.74, 6) is 0.242. The second-order valence-electron chi connectivity index (χ2n) is 5.06. The summed E-state index contributed by atoms with van der Waals surface area (Å²) >= 11 is 0. The molecule has 0 heterocycles. The van der Waals surface area contributed by atoms with Crippen molar-refractivity contribution in [3.8, 4) is 0 Å². The third-order valence-electron chi connectivity index (χ3n) is 2.35. The van der Waals surface area contributed by atoms with Gasteiger partial charge in [0.15, 0.2) is 5.78 Å². The summed E-state index contributed by atoms with van der Waals surface area (Å²) in [6, 6.07) is 7.80. The van der Waals surface area contributed by atoms with Gasteiger partial charge in [-0.15, -0.1) is 0 Å². The van der Waals surface area contributed by atoms with Crippen LogP contribution in [0.2, 0.25) is 0 Å². The van der Waals surface area contributed by atoms with Gasteiger partial charge in [-0.25, -0.2) is 0 Å². The Morgan fingerprint density at radius 3 is 2.38 bits per heavy atom. The maximum absolute atomic E-state index is 11.8. The molecule has 90 valence electrons. The fraction of sp³-hybridized carbons (Fsp3) is 0.462. The van der Waals surface area contributed by atoms with Gasteiger partial charge in [0.25, 0.3) is 0 Å². The molecule has 0 bridgehead atoms. The lowest BCUT2D eigenvalue weighted by molar-refractivity contribution is -0.869. The van der Waals surface area contributed by atoms with Crippen LogP contribution in [0.4, 0.5) is 0 Å². The van der Waals surface area contributed by atoms with Crippen LogP contribution in [0.15, 0.2) is 24.3 Å². The van der Waals surface area contributed by atoms with Crippen LogP contribution in [0.25, 0.3) is 0 Å². The van der Waals surface area contributed by atoms with Crippen molar-refractivity contribution in [2.45, 2.75) is 13.3 Å². The van der Waals surface area contributed by atoms with Gasteiger partial charge in [0.05, 0.1) is 34.1 Å². The molecular weight excluding hydrogens is 266 g/mol. The van der Waals surface area contributed by atoms with E-state index in [0.717, 1.165) is 22.2 Å². The molecule has 0 amide bonds. The number of Topliss-reactive ketones (excluding diaryl/α,β-unsaturated/α-hetero) is 1. The zero-order valence-corrected chi connectivity index (χ0v) is 12.0. The van der Waals surface area contributed by atoms with Crippen LogP contribution in [0.1, 0.15) is 22.3 Å². The monoisotopic (exact) mass is 285 g/mol. The maximum atomic E-state index is 11.8. The van der Waals surface area contributed by atoms with Crippen LogP contribution in [0, 0.1) is 6.92 Å². The first-order chi connectivity index (χ1) is 6.88. The Bertz CT molecular complexity index is 355. The summed E-state index contributed by atoms with van der Waals surface area (Å²) in [5.41, 5.74) is 1.98. The number of hydrogen-bond donors (Lipinski definition) is 0. The molecule has 0 aromatic heterocycles. The number of halogens is 1. The lowest BCUT2D eigenvalue weighted by Gasteiger charge is -2.23. The number of aryl methyl sites for hydroxylation is 1. The zero-order valence-electron chi connectivity index (χ0n) is 10.5. The smallest absolute Gasteiger partial charge is 0.168 e. The molecule has 1 aromatic carbocycles. The lowest BCUT2D eigenvalue weighted by atomic mass is 10.1. The molecule has 1 rings (SSSR count). The highest BCUT2D eigenvalue weighted by Gasteiger charge is 2.12. The Morgan fingerprint density at radius 2 is 1.88 bits per heavy atom. The topological polar surface area (TPSA) is 17.1 Å². The molecule has 0 atom stereocenters. The molecule has 0 aliphatic rings. The van der Waals surface area contributed by atoms with Gasteiger partial charge in [-0.1, -0.05) is 23.8 Å². The molecule has 0 fully saturated rings. The number of ketones is 1. The van der Waals surface area contributed by atoms with E-state index < -0.39 is 0 Å². The largest absolute Gasteiger partial charge is 1.00 e. The number of rotatable bonds is 4. The van der Waals surface area contributed by atoms with Gasteiger partial charge in [0.2, 0.25) is 0 Å². The molecule has 0 spiro atoms. The van der Waals surface area contributed by atoms with E-state index in [1.54, 1.807) is 0 Å². The molecule has 0 aliphatic heterocycles. The quantitative estimate of drug-likeness (QED) is 0.527. The van der Waals surface area contributed by atoms with Gasteiger partial charge >= 0.3 is 0 Å². The Labute approximate surface area is 109 Å². The van der Waals surface area contributed by atoms with Crippen molar-refractivity contribution in [3.05, 3.63) is 35.4 Å². The summed E-state index contributed by atoms with van der Waals surface area (Å²) < 4.78 is 0.831. The van der Waals surface area contributed by atoms with Crippen molar-refractivity contribution in [3.63, 3.8) is 0 Å². The summed E-state index contributed by atoms with van der Waals surface area (Å²) in [5, 5.41) is 0. The number of carbonyl (C=O) groups is 1. The van der Waals surface area contributed by atoms with E-state index in [2.05, 4.69) is 21.1 Å². The van der Waals surface area contributed by atoms with Crippen molar-refractivity contribution in [1.82, 2.24) is 0 Å². The van der Waals surface area contributed by atoms with Crippen molar-refractivity contribution in [2.75, 3.05) is 27.7 Å². The Balaban J connectivity index is 0.00000225. The molecule has 3 heteroatoms. The first kappa shape index (κ1) is 15.3. The molecule has 0 saturated heterocycles. The van der Waals surface area contributed by atoms with E-state index in [4.69, 9.17) is 0 Å². The fourth-order valence-electron chi connectivity index (χ4n) is 1.40. The number of hydrogen-bond acceptors (Lipinski definition) is 1. The third-order valence-corrected chi connectivity index (χ3v) is 2.35. The van der Waals surface area contributed by atoms with Crippen LogP contribution < -0.4 is 17.0 Å². The maximum Gasteiger partial charge on any atom is 0.168 e. The highest BCUT2D eigenvalue weighted by molar-refractivity contribution is 5.96. The molecule has 1 aromatic rings. The van der Waals surface area contributed by atoms with Gasteiger partial charge in [-0.2, -0.15) is 0 Å². The van der Waals surface area contributed by atoms with Crippen molar-refractivity contribution < 1.29 is 26.3 Å². The van der Waals surface area contributed by atoms with Crippen LogP contribution in [0.3, 0.4) is 0 Å². The SMILES string of the molecule is Cc1cccc(C(=O)CC[N+](C)(C)C)c1.[Br-]. The van der Waals surface area contributed by atoms with Crippen molar-refractivity contribution >= 4 is 5.78 Å². The molecule has 0 N–H and O–H groups in total. The Hall–Kier alpha value is -0.670. The van der Waals surface area contributed by atoms with Gasteiger partial charge in [-0.05, 0) is 13.0 Å². The molecule has 2 nitrogen and oxygen atoms in total. The minimum absolute atomic E-state index is 0. The van der Waals surface area contributed by atoms with Crippen LogP contribution in [0.5, 0.6) is 0 Å². The zero-order chi connectivity index (χ0) is 11.5. The average Bonchev–Trinajstić information content (AvgIpc) is 2.13. The van der Waals surface area contributed by atoms with Gasteiger partial charge in [0.1, 0.15) is 0 Å². The minimum atomic E-state index is 0. The number of quaternary nitrogens is 1. The standard InChI is InChI=1S/C13H20NO.BrH/c1-11-6-5-7-12(10-11)13(15)8-9-14(2,3)4;/h5-7,10H,8-9H2,1-4H3;1H/q+1;/p-1. The number of nitrogens with zero attached hydrogens (tertiary/aromatic N) is 1. The Kier molecular flexibility index (Phi) is 5.90. The third kappa shape index (κ3) is 5.42. The summed E-state index contributed by atoms with van der Waals surface area (Å²) in [6.45, 7) is 2.89. The van der Waals surface area contributed by atoms with Crippen LogP contribution in [-0.2, 0) is 0 Å². The number of carbonyl (C=O) groups excluding carboxylic acids is 1. The average molecular weight is 286 g/mol. The predicted octanol–water partition coefficient (Wildman–Crippen LogP) is -0.722. The van der Waals surface area contributed by atoms with Crippen LogP contribution in [-0.4, -0.2) is 38.0 Å². The second kappa shape index (κ2) is 6.16. The predicted molar refractivity (Wildman–Crippen MR) is 63.0 cm³/mol. The highest BCUT2D eigenvalue weighted by atomic mass is 79.9. The normalized spacial score (nSPS) is 10.8. The van der Waals surface area contributed by atoms with Gasteiger partial charge in [0, 0.05) is 5.56 Å². The summed E-state index contributed by atoms with van der Waals surface area (Å²) in [4.78, 5) is 11.8. The fourth-order valence-corrected chi connectivity index (χ4v) is 1.40. The number of benzene rings is 1. The van der Waals surface area contributed by atoms with E-state index in [0.29, 0.717) is 6.42 Å². The van der Waals surface area contributed by atoms with E-state index in [1.165, 1.54) is 0 Å². The van der Waals surface area contributed by atoms with Crippen molar-refractivity contribution in [1.29, 1.82) is 0 Å². The molecular formula is C13H20BrNO. The molecule has 0 radical (unpaired) electrons. The molecule has 16 heavy (non-hydrogen) atoms. The second-order valence-corrected chi connectivity index (χ2v) is 5.06. The van der Waals surface area contributed by atoms with Gasteiger partial charge in [-0.3, -0.25) is 4.79 Å². The lowest BCUT2D eigenvalue weighted by Crippen LogP contribution is -3.00. The summed E-state index contributed by atoms with van der Waals surface area (Å²) in [7, 11) is 6.30. The van der Waals surface area contributed by atoms with Crippen molar-refractivity contribution in [2.24, 2.45) is 0 Å². The minimum Gasteiger partial charge on any atom is -1.00 e. The molecule has 0 aliphatic carbocycles. The van der Waals surface area contributed by atoms with Crippen LogP contribution >= 0.6 is 0 Å². The summed E-state index contributed by atoms with van der Waals surface area (Å²) in [6.07, 6.45) is 0.618. The highest BCUT2D eigenvalue weighted by Crippen LogP contribution is 2.08. The first-order valence-corrected chi connectivity index (χ1v) is 5.29. The van der Waals surface area contributed by atoms with E-state index in [-0.39, 0.29) is 22.8 Å².